The number of amides is 1. The van der Waals surface area contributed by atoms with Gasteiger partial charge in [0.15, 0.2) is 0 Å². The zero-order valence-electron chi connectivity index (χ0n) is 12.8. The molecule has 2 atom stereocenters. The van der Waals surface area contributed by atoms with Gasteiger partial charge in [-0.15, -0.1) is 0 Å². The third kappa shape index (κ3) is 2.93. The van der Waals surface area contributed by atoms with Crippen molar-refractivity contribution in [3.63, 3.8) is 0 Å². The van der Waals surface area contributed by atoms with Gasteiger partial charge in [0.25, 0.3) is 5.91 Å². The van der Waals surface area contributed by atoms with E-state index in [9.17, 15) is 14.7 Å². The van der Waals surface area contributed by atoms with Crippen LogP contribution < -0.4 is 0 Å². The summed E-state index contributed by atoms with van der Waals surface area (Å²) in [6.45, 7) is 6.06. The van der Waals surface area contributed by atoms with Gasteiger partial charge >= 0.3 is 5.97 Å². The normalized spacial score (nSPS) is 21.6. The Morgan fingerprint density at radius 3 is 2.29 bits per heavy atom. The van der Waals surface area contributed by atoms with E-state index in [1.165, 1.54) is 4.90 Å². The second kappa shape index (κ2) is 5.85. The van der Waals surface area contributed by atoms with E-state index >= 15 is 0 Å². The van der Waals surface area contributed by atoms with Gasteiger partial charge in [0.1, 0.15) is 6.04 Å². The minimum absolute atomic E-state index is 0.221. The van der Waals surface area contributed by atoms with Crippen molar-refractivity contribution in [2.24, 2.45) is 0 Å². The fourth-order valence-electron chi connectivity index (χ4n) is 3.09. The first-order chi connectivity index (χ1) is 9.85. The summed E-state index contributed by atoms with van der Waals surface area (Å²) >= 11 is 0. The number of carboxylic acid groups (broad SMARTS) is 1. The Bertz CT molecular complexity index is 559. The quantitative estimate of drug-likeness (QED) is 0.924. The third-order valence-electron chi connectivity index (χ3n) is 4.03. The van der Waals surface area contributed by atoms with Gasteiger partial charge in [-0.3, -0.25) is 4.79 Å². The van der Waals surface area contributed by atoms with Crippen molar-refractivity contribution in [1.29, 1.82) is 0 Å². The molecule has 114 valence electrons. The number of aryl methyl sites for hydroxylation is 3. The lowest BCUT2D eigenvalue weighted by Gasteiger charge is -2.23. The van der Waals surface area contributed by atoms with E-state index in [0.717, 1.165) is 16.7 Å². The van der Waals surface area contributed by atoms with Crippen LogP contribution >= 0.6 is 0 Å². The van der Waals surface area contributed by atoms with Gasteiger partial charge < -0.3 is 14.7 Å². The van der Waals surface area contributed by atoms with Gasteiger partial charge in [-0.25, -0.2) is 4.79 Å². The molecule has 5 heteroatoms. The Balaban J connectivity index is 2.37. The summed E-state index contributed by atoms with van der Waals surface area (Å²) in [5, 5.41) is 9.33. The minimum atomic E-state index is -0.981. The molecule has 1 saturated heterocycles. The zero-order chi connectivity index (χ0) is 15.7. The maximum absolute atomic E-state index is 12.8. The molecule has 1 aliphatic rings. The number of aliphatic carboxylic acids is 1. The number of hydrogen-bond acceptors (Lipinski definition) is 3. The second-order valence-corrected chi connectivity index (χ2v) is 5.68. The molecular weight excluding hydrogens is 270 g/mol. The highest BCUT2D eigenvalue weighted by molar-refractivity contribution is 5.99. The molecular formula is C16H21NO4. The lowest BCUT2D eigenvalue weighted by Crippen LogP contribution is -2.41. The number of hydrogen-bond donors (Lipinski definition) is 1. The standard InChI is InChI=1S/C16H21NO4/c1-9-5-10(2)14(11(3)6-9)15(18)17-8-12(21-4)7-13(17)16(19)20/h5-6,12-13H,7-8H2,1-4H3,(H,19,20). The lowest BCUT2D eigenvalue weighted by molar-refractivity contribution is -0.141. The van der Waals surface area contributed by atoms with E-state index in [0.29, 0.717) is 18.5 Å². The van der Waals surface area contributed by atoms with E-state index in [2.05, 4.69) is 0 Å². The van der Waals surface area contributed by atoms with Crippen LogP contribution in [0.15, 0.2) is 12.1 Å². The van der Waals surface area contributed by atoms with Crippen LogP contribution in [-0.4, -0.2) is 47.7 Å². The Labute approximate surface area is 124 Å². The van der Waals surface area contributed by atoms with Crippen LogP contribution in [-0.2, 0) is 9.53 Å². The first-order valence-electron chi connectivity index (χ1n) is 6.99. The molecule has 1 aromatic rings. The molecule has 1 aliphatic heterocycles. The van der Waals surface area contributed by atoms with Gasteiger partial charge in [-0.1, -0.05) is 17.7 Å². The molecule has 0 spiro atoms. The highest BCUT2D eigenvalue weighted by atomic mass is 16.5. The predicted octanol–water partition coefficient (Wildman–Crippen LogP) is 1.93. The van der Waals surface area contributed by atoms with Gasteiger partial charge in [0, 0.05) is 25.6 Å². The first-order valence-corrected chi connectivity index (χ1v) is 6.99. The fraction of sp³-hybridized carbons (Fsp3) is 0.500. The van der Waals surface area contributed by atoms with Crippen molar-refractivity contribution in [2.75, 3.05) is 13.7 Å². The number of carbonyl (C=O) groups is 2. The fourth-order valence-corrected chi connectivity index (χ4v) is 3.09. The summed E-state index contributed by atoms with van der Waals surface area (Å²) in [6.07, 6.45) is 0.114. The summed E-state index contributed by atoms with van der Waals surface area (Å²) < 4.78 is 5.23. The summed E-state index contributed by atoms with van der Waals surface area (Å²) in [6, 6.07) is 3.07. The van der Waals surface area contributed by atoms with Crippen LogP contribution in [0.5, 0.6) is 0 Å². The smallest absolute Gasteiger partial charge is 0.326 e. The molecule has 5 nitrogen and oxygen atoms in total. The highest BCUT2D eigenvalue weighted by Gasteiger charge is 2.40. The Morgan fingerprint density at radius 1 is 1.24 bits per heavy atom. The monoisotopic (exact) mass is 291 g/mol. The summed E-state index contributed by atoms with van der Waals surface area (Å²) in [5.74, 6) is -1.21. The topological polar surface area (TPSA) is 66.8 Å². The van der Waals surface area contributed by atoms with Crippen molar-refractivity contribution in [3.8, 4) is 0 Å². The third-order valence-corrected chi connectivity index (χ3v) is 4.03. The Kier molecular flexibility index (Phi) is 4.32. The van der Waals surface area contributed by atoms with Crippen LogP contribution in [0.2, 0.25) is 0 Å². The van der Waals surface area contributed by atoms with Gasteiger partial charge in [0.05, 0.1) is 6.10 Å². The van der Waals surface area contributed by atoms with E-state index in [-0.39, 0.29) is 12.0 Å². The molecule has 0 saturated carbocycles. The van der Waals surface area contributed by atoms with Crippen molar-refractivity contribution >= 4 is 11.9 Å². The number of carboxylic acids is 1. The molecule has 0 radical (unpaired) electrons. The number of carbonyl (C=O) groups excluding carboxylic acids is 1. The van der Waals surface area contributed by atoms with Crippen molar-refractivity contribution < 1.29 is 19.4 Å². The number of nitrogens with zero attached hydrogens (tertiary/aromatic N) is 1. The summed E-state index contributed by atoms with van der Waals surface area (Å²) in [5.41, 5.74) is 3.45. The molecule has 2 rings (SSSR count). The molecule has 1 aromatic carbocycles. The van der Waals surface area contributed by atoms with Crippen LogP contribution in [0, 0.1) is 20.8 Å². The largest absolute Gasteiger partial charge is 0.480 e. The molecule has 0 aliphatic carbocycles. The van der Waals surface area contributed by atoms with E-state index in [1.54, 1.807) is 7.11 Å². The van der Waals surface area contributed by atoms with E-state index < -0.39 is 12.0 Å². The van der Waals surface area contributed by atoms with E-state index in [1.807, 2.05) is 32.9 Å². The molecule has 21 heavy (non-hydrogen) atoms. The average Bonchev–Trinajstić information content (AvgIpc) is 2.81. The minimum Gasteiger partial charge on any atom is -0.480 e. The number of ether oxygens (including phenoxy) is 1. The highest BCUT2D eigenvalue weighted by Crippen LogP contribution is 2.25. The van der Waals surface area contributed by atoms with Crippen molar-refractivity contribution in [2.45, 2.75) is 39.3 Å². The first kappa shape index (κ1) is 15.5. The van der Waals surface area contributed by atoms with Crippen molar-refractivity contribution in [3.05, 3.63) is 34.4 Å². The van der Waals surface area contributed by atoms with Crippen LogP contribution in [0.3, 0.4) is 0 Å². The molecule has 1 amide bonds. The number of likely N-dealkylation sites (tertiary alicyclic amines) is 1. The van der Waals surface area contributed by atoms with E-state index in [4.69, 9.17) is 4.74 Å². The number of rotatable bonds is 3. The maximum Gasteiger partial charge on any atom is 0.326 e. The molecule has 1 N–H and O–H groups in total. The second-order valence-electron chi connectivity index (χ2n) is 5.68. The molecule has 1 heterocycles. The van der Waals surface area contributed by atoms with Crippen LogP contribution in [0.1, 0.15) is 33.5 Å². The van der Waals surface area contributed by atoms with Gasteiger partial charge in [-0.05, 0) is 31.9 Å². The maximum atomic E-state index is 12.8. The Morgan fingerprint density at radius 2 is 1.81 bits per heavy atom. The zero-order valence-corrected chi connectivity index (χ0v) is 12.8. The summed E-state index contributed by atoms with van der Waals surface area (Å²) in [4.78, 5) is 25.6. The van der Waals surface area contributed by atoms with Crippen molar-refractivity contribution in [1.82, 2.24) is 4.90 Å². The van der Waals surface area contributed by atoms with Gasteiger partial charge in [0.2, 0.25) is 0 Å². The number of methoxy groups -OCH3 is 1. The average molecular weight is 291 g/mol. The van der Waals surface area contributed by atoms with Crippen LogP contribution in [0.4, 0.5) is 0 Å². The number of benzene rings is 1. The molecule has 0 bridgehead atoms. The van der Waals surface area contributed by atoms with Crippen LogP contribution in [0.25, 0.3) is 0 Å². The lowest BCUT2D eigenvalue weighted by atomic mass is 9.98. The molecule has 2 unspecified atom stereocenters. The predicted molar refractivity (Wildman–Crippen MR) is 78.5 cm³/mol. The Hall–Kier alpha value is -1.88. The molecule has 1 fully saturated rings. The SMILES string of the molecule is COC1CC(C(=O)O)N(C(=O)c2c(C)cc(C)cc2C)C1. The summed E-state index contributed by atoms with van der Waals surface area (Å²) in [7, 11) is 1.54. The molecule has 0 aromatic heterocycles. The van der Waals surface area contributed by atoms with Gasteiger partial charge in [-0.2, -0.15) is 0 Å².